The molecule has 0 bridgehead atoms. The zero-order chi connectivity index (χ0) is 11.3. The van der Waals surface area contributed by atoms with Crippen LogP contribution in [0.4, 0.5) is 0 Å². The molecule has 0 unspecified atom stereocenters. The Kier molecular flexibility index (Phi) is 4.05. The van der Waals surface area contributed by atoms with Crippen LogP contribution < -0.4 is 5.73 Å². The van der Waals surface area contributed by atoms with Gasteiger partial charge in [-0.05, 0) is 6.92 Å². The third kappa shape index (κ3) is 2.66. The van der Waals surface area contributed by atoms with Crippen molar-refractivity contribution in [1.29, 1.82) is 0 Å². The SMILES string of the molecule is C=C/N=C1\C(=C(/C)N)N=CN1CCOC. The highest BCUT2D eigenvalue weighted by Gasteiger charge is 2.20. The van der Waals surface area contributed by atoms with E-state index in [0.717, 1.165) is 5.84 Å². The Balaban J connectivity index is 2.86. The molecule has 1 heterocycles. The largest absolute Gasteiger partial charge is 0.400 e. The van der Waals surface area contributed by atoms with Crippen molar-refractivity contribution in [2.75, 3.05) is 20.3 Å². The number of ether oxygens (including phenoxy) is 1. The van der Waals surface area contributed by atoms with Gasteiger partial charge in [0.1, 0.15) is 5.70 Å². The van der Waals surface area contributed by atoms with Crippen molar-refractivity contribution >= 4 is 12.2 Å². The predicted molar refractivity (Wildman–Crippen MR) is 61.6 cm³/mol. The maximum absolute atomic E-state index is 5.70. The van der Waals surface area contributed by atoms with Gasteiger partial charge >= 0.3 is 0 Å². The average Bonchev–Trinajstić information content (AvgIpc) is 2.59. The summed E-state index contributed by atoms with van der Waals surface area (Å²) >= 11 is 0. The molecule has 15 heavy (non-hydrogen) atoms. The fourth-order valence-electron chi connectivity index (χ4n) is 1.23. The minimum atomic E-state index is 0.610. The summed E-state index contributed by atoms with van der Waals surface area (Å²) in [6.45, 7) is 6.67. The fraction of sp³-hybridized carbons (Fsp3) is 0.400. The van der Waals surface area contributed by atoms with Crippen LogP contribution in [-0.4, -0.2) is 37.3 Å². The third-order valence-corrected chi connectivity index (χ3v) is 1.93. The van der Waals surface area contributed by atoms with E-state index in [9.17, 15) is 0 Å². The fourth-order valence-corrected chi connectivity index (χ4v) is 1.23. The van der Waals surface area contributed by atoms with Crippen LogP contribution in [0.15, 0.2) is 34.2 Å². The molecule has 0 saturated heterocycles. The van der Waals surface area contributed by atoms with Gasteiger partial charge in [-0.25, -0.2) is 9.98 Å². The monoisotopic (exact) mass is 208 g/mol. The standard InChI is InChI=1S/C10H16N4O/c1-4-12-10-9(8(2)11)13-7-14(10)5-6-15-3/h4,7H,1,5-6,11H2,2-3H3/b9-8-,12-10+. The van der Waals surface area contributed by atoms with Crippen molar-refractivity contribution in [3.63, 3.8) is 0 Å². The van der Waals surface area contributed by atoms with Crippen LogP contribution in [-0.2, 0) is 4.74 Å². The Morgan fingerprint density at radius 1 is 1.80 bits per heavy atom. The number of nitrogens with zero attached hydrogens (tertiary/aromatic N) is 3. The summed E-state index contributed by atoms with van der Waals surface area (Å²) in [6.07, 6.45) is 3.18. The smallest absolute Gasteiger partial charge is 0.161 e. The molecule has 5 heteroatoms. The first-order valence-corrected chi connectivity index (χ1v) is 4.66. The molecule has 0 aliphatic carbocycles. The van der Waals surface area contributed by atoms with Gasteiger partial charge in [0.05, 0.1) is 12.9 Å². The van der Waals surface area contributed by atoms with Gasteiger partial charge in [0.15, 0.2) is 5.84 Å². The molecule has 0 amide bonds. The van der Waals surface area contributed by atoms with Crippen LogP contribution in [0.5, 0.6) is 0 Å². The summed E-state index contributed by atoms with van der Waals surface area (Å²) in [7, 11) is 1.66. The van der Waals surface area contributed by atoms with Gasteiger partial charge in [0, 0.05) is 25.6 Å². The molecule has 0 radical (unpaired) electrons. The number of amidine groups is 1. The molecule has 1 aliphatic rings. The Bertz CT molecular complexity index is 326. The van der Waals surface area contributed by atoms with Crippen molar-refractivity contribution < 1.29 is 4.74 Å². The van der Waals surface area contributed by atoms with Crippen molar-refractivity contribution in [1.82, 2.24) is 4.90 Å². The highest BCUT2D eigenvalue weighted by Crippen LogP contribution is 2.13. The Labute approximate surface area is 89.6 Å². The Hall–Kier alpha value is -1.62. The molecule has 0 spiro atoms. The van der Waals surface area contributed by atoms with Crippen LogP contribution in [0, 0.1) is 0 Å². The van der Waals surface area contributed by atoms with Gasteiger partial charge in [-0.2, -0.15) is 0 Å². The molecule has 5 nitrogen and oxygen atoms in total. The second-order valence-electron chi connectivity index (χ2n) is 3.10. The predicted octanol–water partition coefficient (Wildman–Crippen LogP) is 0.709. The first-order valence-electron chi connectivity index (χ1n) is 4.66. The molecular weight excluding hydrogens is 192 g/mol. The molecule has 0 saturated carbocycles. The molecule has 0 fully saturated rings. The number of hydrogen-bond acceptors (Lipinski definition) is 4. The van der Waals surface area contributed by atoms with Crippen LogP contribution in [0.25, 0.3) is 0 Å². The Morgan fingerprint density at radius 3 is 3.07 bits per heavy atom. The number of allylic oxidation sites excluding steroid dienone is 1. The van der Waals surface area contributed by atoms with Gasteiger partial charge in [0.25, 0.3) is 0 Å². The van der Waals surface area contributed by atoms with E-state index >= 15 is 0 Å². The van der Waals surface area contributed by atoms with E-state index in [4.69, 9.17) is 10.5 Å². The first-order chi connectivity index (χ1) is 7.20. The van der Waals surface area contributed by atoms with Gasteiger partial charge in [-0.3, -0.25) is 0 Å². The van der Waals surface area contributed by atoms with E-state index < -0.39 is 0 Å². The van der Waals surface area contributed by atoms with E-state index in [-0.39, 0.29) is 0 Å². The Morgan fingerprint density at radius 2 is 2.53 bits per heavy atom. The van der Waals surface area contributed by atoms with Crippen LogP contribution in [0.2, 0.25) is 0 Å². The number of nitrogens with two attached hydrogens (primary N) is 1. The quantitative estimate of drug-likeness (QED) is 0.740. The lowest BCUT2D eigenvalue weighted by atomic mass is 10.3. The zero-order valence-electron chi connectivity index (χ0n) is 9.10. The minimum absolute atomic E-state index is 0.610. The number of rotatable bonds is 4. The van der Waals surface area contributed by atoms with Gasteiger partial charge < -0.3 is 15.4 Å². The molecule has 1 aliphatic heterocycles. The van der Waals surface area contributed by atoms with E-state index in [1.54, 1.807) is 20.4 Å². The molecule has 0 aromatic rings. The maximum Gasteiger partial charge on any atom is 0.161 e. The number of aliphatic imine (C=N–C) groups is 2. The van der Waals surface area contributed by atoms with E-state index in [2.05, 4.69) is 16.6 Å². The van der Waals surface area contributed by atoms with E-state index in [1.807, 2.05) is 4.90 Å². The summed E-state index contributed by atoms with van der Waals surface area (Å²) in [4.78, 5) is 10.2. The molecule has 0 atom stereocenters. The highest BCUT2D eigenvalue weighted by atomic mass is 16.5. The lowest BCUT2D eigenvalue weighted by Gasteiger charge is -2.14. The molecule has 0 aromatic heterocycles. The van der Waals surface area contributed by atoms with Gasteiger partial charge in [-0.15, -0.1) is 0 Å². The summed E-state index contributed by atoms with van der Waals surface area (Å²) < 4.78 is 4.99. The van der Waals surface area contributed by atoms with Crippen molar-refractivity contribution in [2.24, 2.45) is 15.7 Å². The maximum atomic E-state index is 5.70. The van der Waals surface area contributed by atoms with Gasteiger partial charge in [0.2, 0.25) is 0 Å². The summed E-state index contributed by atoms with van der Waals surface area (Å²) in [5, 5.41) is 0. The van der Waals surface area contributed by atoms with Crippen LogP contribution in [0.3, 0.4) is 0 Å². The van der Waals surface area contributed by atoms with Crippen molar-refractivity contribution in [3.05, 3.63) is 24.2 Å². The van der Waals surface area contributed by atoms with Crippen molar-refractivity contribution in [3.8, 4) is 0 Å². The number of hydrogen-bond donors (Lipinski definition) is 1. The van der Waals surface area contributed by atoms with Crippen LogP contribution >= 0.6 is 0 Å². The third-order valence-electron chi connectivity index (χ3n) is 1.93. The van der Waals surface area contributed by atoms with Gasteiger partial charge in [-0.1, -0.05) is 6.58 Å². The molecule has 2 N–H and O–H groups in total. The summed E-state index contributed by atoms with van der Waals surface area (Å²) in [5.41, 5.74) is 7.05. The highest BCUT2D eigenvalue weighted by molar-refractivity contribution is 6.09. The second kappa shape index (κ2) is 5.31. The average molecular weight is 208 g/mol. The summed E-state index contributed by atoms with van der Waals surface area (Å²) in [6, 6.07) is 0. The summed E-state index contributed by atoms with van der Waals surface area (Å²) in [5.74, 6) is 0.724. The molecule has 0 aromatic carbocycles. The second-order valence-corrected chi connectivity index (χ2v) is 3.10. The normalized spacial score (nSPS) is 21.2. The first kappa shape index (κ1) is 11.5. The van der Waals surface area contributed by atoms with E-state index in [1.165, 1.54) is 6.20 Å². The molecule has 1 rings (SSSR count). The topological polar surface area (TPSA) is 63.2 Å². The van der Waals surface area contributed by atoms with E-state index in [0.29, 0.717) is 24.5 Å². The molecular formula is C10H16N4O. The number of methoxy groups -OCH3 is 1. The van der Waals surface area contributed by atoms with Crippen LogP contribution in [0.1, 0.15) is 6.92 Å². The minimum Gasteiger partial charge on any atom is -0.400 e. The molecule has 82 valence electrons. The lowest BCUT2D eigenvalue weighted by Crippen LogP contribution is -2.29. The van der Waals surface area contributed by atoms with Crippen molar-refractivity contribution in [2.45, 2.75) is 6.92 Å². The zero-order valence-corrected chi connectivity index (χ0v) is 9.10. The lowest BCUT2D eigenvalue weighted by molar-refractivity contribution is 0.191.